The standard InChI is InChI=1S/C14H15N3O4/c1-8(18)15-11(14(20)21)6-7-12-16-10-5-3-2-4-9(10)13(19)17-12/h2-5,11H,6-7H2,1H3,(H,15,18)(H,20,21)(H,16,17,19). The third kappa shape index (κ3) is 3.65. The van der Waals surface area contributed by atoms with Crippen molar-refractivity contribution in [1.82, 2.24) is 15.3 Å². The fourth-order valence-corrected chi connectivity index (χ4v) is 2.04. The Morgan fingerprint density at radius 2 is 2.10 bits per heavy atom. The second kappa shape index (κ2) is 6.17. The van der Waals surface area contributed by atoms with Crippen LogP contribution in [0.1, 0.15) is 19.2 Å². The molecule has 1 atom stereocenters. The number of nitrogens with zero attached hydrogens (tertiary/aromatic N) is 1. The Kier molecular flexibility index (Phi) is 4.32. The van der Waals surface area contributed by atoms with Gasteiger partial charge in [0.05, 0.1) is 10.9 Å². The largest absolute Gasteiger partial charge is 0.480 e. The van der Waals surface area contributed by atoms with Crippen molar-refractivity contribution in [2.24, 2.45) is 0 Å². The van der Waals surface area contributed by atoms with E-state index >= 15 is 0 Å². The van der Waals surface area contributed by atoms with Crippen molar-refractivity contribution < 1.29 is 14.7 Å². The molecule has 3 N–H and O–H groups in total. The van der Waals surface area contributed by atoms with Crippen LogP contribution >= 0.6 is 0 Å². The van der Waals surface area contributed by atoms with E-state index in [0.717, 1.165) is 0 Å². The maximum absolute atomic E-state index is 11.9. The van der Waals surface area contributed by atoms with Gasteiger partial charge < -0.3 is 15.4 Å². The van der Waals surface area contributed by atoms with Gasteiger partial charge in [-0.3, -0.25) is 9.59 Å². The molecule has 0 fully saturated rings. The quantitative estimate of drug-likeness (QED) is 0.739. The number of carboxylic acids is 1. The molecule has 7 nitrogen and oxygen atoms in total. The van der Waals surface area contributed by atoms with Crippen LogP contribution in [-0.4, -0.2) is 33.0 Å². The molecule has 1 heterocycles. The monoisotopic (exact) mass is 289 g/mol. The number of aromatic nitrogens is 2. The summed E-state index contributed by atoms with van der Waals surface area (Å²) in [5.74, 6) is -1.13. The molecule has 110 valence electrons. The number of benzene rings is 1. The molecule has 0 saturated heterocycles. The first-order chi connectivity index (χ1) is 9.97. The molecular formula is C14H15N3O4. The van der Waals surface area contributed by atoms with Gasteiger partial charge in [0.15, 0.2) is 0 Å². The fourth-order valence-electron chi connectivity index (χ4n) is 2.04. The van der Waals surface area contributed by atoms with Crippen LogP contribution in [0.25, 0.3) is 10.9 Å². The van der Waals surface area contributed by atoms with Gasteiger partial charge in [0.25, 0.3) is 5.56 Å². The Bertz CT molecular complexity index is 738. The normalized spacial score (nSPS) is 12.0. The first-order valence-corrected chi connectivity index (χ1v) is 6.45. The second-order valence-corrected chi connectivity index (χ2v) is 4.66. The first-order valence-electron chi connectivity index (χ1n) is 6.45. The predicted octanol–water partition coefficient (Wildman–Crippen LogP) is 0.445. The molecule has 0 radical (unpaired) electrons. The molecule has 1 amide bonds. The summed E-state index contributed by atoms with van der Waals surface area (Å²) in [6, 6.07) is 5.91. The number of carboxylic acid groups (broad SMARTS) is 1. The van der Waals surface area contributed by atoms with Crippen molar-refractivity contribution in [3.8, 4) is 0 Å². The van der Waals surface area contributed by atoms with Crippen LogP contribution in [-0.2, 0) is 16.0 Å². The van der Waals surface area contributed by atoms with Gasteiger partial charge in [-0.1, -0.05) is 12.1 Å². The number of nitrogens with one attached hydrogen (secondary N) is 2. The summed E-state index contributed by atoms with van der Waals surface area (Å²) in [5, 5.41) is 11.8. The van der Waals surface area contributed by atoms with E-state index < -0.39 is 17.9 Å². The molecule has 2 rings (SSSR count). The minimum atomic E-state index is -1.12. The van der Waals surface area contributed by atoms with Crippen molar-refractivity contribution in [2.75, 3.05) is 0 Å². The number of fused-ring (bicyclic) bond motifs is 1. The topological polar surface area (TPSA) is 112 Å². The van der Waals surface area contributed by atoms with Crippen molar-refractivity contribution >= 4 is 22.8 Å². The molecule has 21 heavy (non-hydrogen) atoms. The van der Waals surface area contributed by atoms with Crippen LogP contribution in [0.5, 0.6) is 0 Å². The van der Waals surface area contributed by atoms with Gasteiger partial charge in [-0.15, -0.1) is 0 Å². The summed E-state index contributed by atoms with van der Waals surface area (Å²) in [6.07, 6.45) is 0.396. The molecule has 7 heteroatoms. The number of rotatable bonds is 5. The number of H-pyrrole nitrogens is 1. The van der Waals surface area contributed by atoms with E-state index in [0.29, 0.717) is 16.7 Å². The van der Waals surface area contributed by atoms with E-state index in [1.54, 1.807) is 24.3 Å². The van der Waals surface area contributed by atoms with Crippen molar-refractivity contribution in [1.29, 1.82) is 0 Å². The average Bonchev–Trinajstić information content (AvgIpc) is 2.43. The predicted molar refractivity (Wildman–Crippen MR) is 75.9 cm³/mol. The lowest BCUT2D eigenvalue weighted by Crippen LogP contribution is -2.40. The molecule has 0 bridgehead atoms. The number of aromatic amines is 1. The summed E-state index contributed by atoms with van der Waals surface area (Å²) in [6.45, 7) is 1.26. The van der Waals surface area contributed by atoms with E-state index in [1.807, 2.05) is 0 Å². The molecule has 1 aromatic carbocycles. The Labute approximate surface area is 120 Å². The van der Waals surface area contributed by atoms with Crippen molar-refractivity contribution in [3.63, 3.8) is 0 Å². The zero-order chi connectivity index (χ0) is 15.4. The average molecular weight is 289 g/mol. The molecule has 1 aromatic heterocycles. The van der Waals surface area contributed by atoms with Gasteiger partial charge in [0, 0.05) is 13.3 Å². The second-order valence-electron chi connectivity index (χ2n) is 4.66. The SMILES string of the molecule is CC(=O)NC(CCc1nc2ccccc2c(=O)[nH]1)C(=O)O. The highest BCUT2D eigenvalue weighted by Crippen LogP contribution is 2.07. The number of carbonyl (C=O) groups is 2. The zero-order valence-corrected chi connectivity index (χ0v) is 11.4. The number of amides is 1. The van der Waals surface area contributed by atoms with Crippen LogP contribution in [0.4, 0.5) is 0 Å². The van der Waals surface area contributed by atoms with E-state index in [4.69, 9.17) is 5.11 Å². The van der Waals surface area contributed by atoms with E-state index in [9.17, 15) is 14.4 Å². The summed E-state index contributed by atoms with van der Waals surface area (Å²) in [4.78, 5) is 40.8. The Balaban J connectivity index is 2.18. The van der Waals surface area contributed by atoms with Gasteiger partial charge in [0.1, 0.15) is 11.9 Å². The highest BCUT2D eigenvalue weighted by Gasteiger charge is 2.18. The Hall–Kier alpha value is -2.70. The molecule has 0 aliphatic rings. The zero-order valence-electron chi connectivity index (χ0n) is 11.4. The lowest BCUT2D eigenvalue weighted by atomic mass is 10.1. The van der Waals surface area contributed by atoms with Crippen LogP contribution in [0.3, 0.4) is 0 Å². The molecular weight excluding hydrogens is 274 g/mol. The van der Waals surface area contributed by atoms with Gasteiger partial charge in [0.2, 0.25) is 5.91 Å². The maximum Gasteiger partial charge on any atom is 0.326 e. The van der Waals surface area contributed by atoms with Gasteiger partial charge in [-0.25, -0.2) is 9.78 Å². The lowest BCUT2D eigenvalue weighted by Gasteiger charge is -2.12. The first kappa shape index (κ1) is 14.7. The smallest absolute Gasteiger partial charge is 0.326 e. The minimum absolute atomic E-state index is 0.149. The van der Waals surface area contributed by atoms with E-state index in [2.05, 4.69) is 15.3 Å². The highest BCUT2D eigenvalue weighted by atomic mass is 16.4. The van der Waals surface area contributed by atoms with E-state index in [-0.39, 0.29) is 18.4 Å². The molecule has 0 aliphatic carbocycles. The van der Waals surface area contributed by atoms with E-state index in [1.165, 1.54) is 6.92 Å². The van der Waals surface area contributed by atoms with Crippen LogP contribution in [0, 0.1) is 0 Å². The Morgan fingerprint density at radius 1 is 1.38 bits per heavy atom. The van der Waals surface area contributed by atoms with Crippen LogP contribution in [0.2, 0.25) is 0 Å². The summed E-state index contributed by atoms with van der Waals surface area (Å²) < 4.78 is 0. The van der Waals surface area contributed by atoms with Crippen molar-refractivity contribution in [3.05, 3.63) is 40.4 Å². The minimum Gasteiger partial charge on any atom is -0.480 e. The van der Waals surface area contributed by atoms with Gasteiger partial charge in [-0.2, -0.15) is 0 Å². The number of carbonyl (C=O) groups excluding carboxylic acids is 1. The summed E-state index contributed by atoms with van der Waals surface area (Å²) >= 11 is 0. The third-order valence-electron chi connectivity index (χ3n) is 3.01. The van der Waals surface area contributed by atoms with Crippen LogP contribution in [0.15, 0.2) is 29.1 Å². The summed E-state index contributed by atoms with van der Waals surface area (Å²) in [5.41, 5.74) is 0.296. The lowest BCUT2D eigenvalue weighted by molar-refractivity contribution is -0.141. The molecule has 0 spiro atoms. The third-order valence-corrected chi connectivity index (χ3v) is 3.01. The summed E-state index contributed by atoms with van der Waals surface area (Å²) in [7, 11) is 0. The number of para-hydroxylation sites is 1. The van der Waals surface area contributed by atoms with Gasteiger partial charge in [-0.05, 0) is 18.6 Å². The van der Waals surface area contributed by atoms with Gasteiger partial charge >= 0.3 is 5.97 Å². The number of aryl methyl sites for hydroxylation is 1. The van der Waals surface area contributed by atoms with Crippen molar-refractivity contribution in [2.45, 2.75) is 25.8 Å². The fraction of sp³-hybridized carbons (Fsp3) is 0.286. The molecule has 2 aromatic rings. The molecule has 0 aliphatic heterocycles. The maximum atomic E-state index is 11.9. The number of aliphatic carboxylic acids is 1. The number of hydrogen-bond acceptors (Lipinski definition) is 4. The number of hydrogen-bond donors (Lipinski definition) is 3. The molecule has 1 unspecified atom stereocenters. The molecule has 0 saturated carbocycles. The highest BCUT2D eigenvalue weighted by molar-refractivity contribution is 5.82. The van der Waals surface area contributed by atoms with Crippen LogP contribution < -0.4 is 10.9 Å². The Morgan fingerprint density at radius 3 is 2.76 bits per heavy atom.